The highest BCUT2D eigenvalue weighted by molar-refractivity contribution is 6.06. The van der Waals surface area contributed by atoms with Crippen LogP contribution in [0.4, 0.5) is 19.7 Å². The molecule has 1 saturated carbocycles. The van der Waals surface area contributed by atoms with E-state index in [0.29, 0.717) is 36.6 Å². The number of fused-ring (bicyclic) bond motifs is 3. The van der Waals surface area contributed by atoms with Crippen molar-refractivity contribution in [2.24, 2.45) is 5.92 Å². The van der Waals surface area contributed by atoms with Gasteiger partial charge in [-0.1, -0.05) is 12.1 Å². The second-order valence-electron chi connectivity index (χ2n) is 10.5. The number of hydrogen-bond acceptors (Lipinski definition) is 5. The molecule has 0 radical (unpaired) electrons. The Hall–Kier alpha value is -3.95. The zero-order valence-electron chi connectivity index (χ0n) is 21.1. The number of hydrogen-bond donors (Lipinski definition) is 2. The molecule has 0 bridgehead atoms. The molecule has 5 amide bonds. The lowest BCUT2D eigenvalue weighted by Crippen LogP contribution is -2.48. The molecule has 38 heavy (non-hydrogen) atoms. The Balaban J connectivity index is 1.23. The Kier molecular flexibility index (Phi) is 5.85. The zero-order valence-corrected chi connectivity index (χ0v) is 21.1. The van der Waals surface area contributed by atoms with Crippen LogP contribution in [0.15, 0.2) is 36.4 Å². The van der Waals surface area contributed by atoms with Crippen molar-refractivity contribution in [1.82, 2.24) is 15.1 Å². The maximum atomic E-state index is 13.9. The van der Waals surface area contributed by atoms with E-state index < -0.39 is 24.1 Å². The molecule has 2 aliphatic carbocycles. The van der Waals surface area contributed by atoms with Gasteiger partial charge in [0, 0.05) is 37.3 Å². The number of imide groups is 1. The van der Waals surface area contributed by atoms with Crippen molar-refractivity contribution in [3.8, 4) is 0 Å². The van der Waals surface area contributed by atoms with Crippen molar-refractivity contribution in [1.29, 1.82) is 0 Å². The first kappa shape index (κ1) is 24.4. The van der Waals surface area contributed by atoms with E-state index in [1.807, 2.05) is 0 Å². The first-order valence-electron chi connectivity index (χ1n) is 13.0. The summed E-state index contributed by atoms with van der Waals surface area (Å²) in [5.74, 6) is -0.771. The number of aryl methyl sites for hydroxylation is 2. The van der Waals surface area contributed by atoms with E-state index in [1.165, 1.54) is 19.2 Å². The first-order chi connectivity index (χ1) is 18.3. The standard InChI is InChI=1S/C28H29FN4O5/c1-30-26(36)31-21-7-8-22-18(13-21)10-11-28(22)25(35)33(27(37)38-28)15-24(34)32-14-19-4-6-20(29)12-17(19)5-9-23(32)16-2-3-16/h4,6-8,12-13,16,23H,2-3,5,9-11,14-15H2,1H3,(H2,30,31,36)/t23-,28+/m0/s1. The van der Waals surface area contributed by atoms with Gasteiger partial charge in [0.05, 0.1) is 0 Å². The summed E-state index contributed by atoms with van der Waals surface area (Å²) in [6, 6.07) is 9.39. The highest BCUT2D eigenvalue weighted by atomic mass is 19.1. The Morgan fingerprint density at radius 3 is 2.63 bits per heavy atom. The minimum atomic E-state index is -1.46. The van der Waals surface area contributed by atoms with Crippen LogP contribution in [0.1, 0.15) is 47.9 Å². The highest BCUT2D eigenvalue weighted by Gasteiger charge is 2.58. The van der Waals surface area contributed by atoms with Crippen LogP contribution in [0.25, 0.3) is 0 Å². The molecule has 6 rings (SSSR count). The molecule has 1 saturated heterocycles. The van der Waals surface area contributed by atoms with E-state index in [1.54, 1.807) is 29.2 Å². The molecule has 2 aliphatic heterocycles. The fraction of sp³-hybridized carbons (Fsp3) is 0.429. The minimum absolute atomic E-state index is 0.0147. The van der Waals surface area contributed by atoms with Gasteiger partial charge >= 0.3 is 12.1 Å². The number of ether oxygens (including phenoxy) is 1. The number of nitrogens with one attached hydrogen (secondary N) is 2. The average Bonchev–Trinajstić information content (AvgIpc) is 3.66. The summed E-state index contributed by atoms with van der Waals surface area (Å²) < 4.78 is 19.6. The Morgan fingerprint density at radius 1 is 1.05 bits per heavy atom. The van der Waals surface area contributed by atoms with Gasteiger partial charge in [0.2, 0.25) is 11.5 Å². The predicted molar refractivity (Wildman–Crippen MR) is 134 cm³/mol. The van der Waals surface area contributed by atoms with Crippen LogP contribution in [0.2, 0.25) is 0 Å². The number of urea groups is 1. The molecule has 2 aromatic carbocycles. The van der Waals surface area contributed by atoms with Crippen molar-refractivity contribution in [3.63, 3.8) is 0 Å². The molecule has 4 aliphatic rings. The summed E-state index contributed by atoms with van der Waals surface area (Å²) in [6.07, 6.45) is 3.39. The molecule has 0 aromatic heterocycles. The van der Waals surface area contributed by atoms with Gasteiger partial charge in [-0.2, -0.15) is 0 Å². The van der Waals surface area contributed by atoms with Gasteiger partial charge in [-0.15, -0.1) is 0 Å². The fourth-order valence-corrected chi connectivity index (χ4v) is 6.14. The summed E-state index contributed by atoms with van der Waals surface area (Å²) in [5, 5.41) is 5.19. The summed E-state index contributed by atoms with van der Waals surface area (Å²) in [6.45, 7) is -0.0768. The molecule has 1 spiro atoms. The van der Waals surface area contributed by atoms with Crippen molar-refractivity contribution in [2.45, 2.75) is 56.7 Å². The lowest BCUT2D eigenvalue weighted by atomic mass is 9.94. The van der Waals surface area contributed by atoms with E-state index >= 15 is 0 Å². The average molecular weight is 521 g/mol. The summed E-state index contributed by atoms with van der Waals surface area (Å²) in [4.78, 5) is 54.6. The third kappa shape index (κ3) is 4.08. The lowest BCUT2D eigenvalue weighted by molar-refractivity contribution is -0.143. The molecule has 2 N–H and O–H groups in total. The zero-order chi connectivity index (χ0) is 26.6. The molecule has 198 valence electrons. The van der Waals surface area contributed by atoms with E-state index in [0.717, 1.165) is 40.9 Å². The molecule has 2 fully saturated rings. The molecule has 0 unspecified atom stereocenters. The monoisotopic (exact) mass is 520 g/mol. The quantitative estimate of drug-likeness (QED) is 0.642. The van der Waals surface area contributed by atoms with Crippen LogP contribution in [0, 0.1) is 11.7 Å². The van der Waals surface area contributed by atoms with Crippen LogP contribution >= 0.6 is 0 Å². The van der Waals surface area contributed by atoms with Gasteiger partial charge in [-0.3, -0.25) is 9.59 Å². The number of halogens is 1. The van der Waals surface area contributed by atoms with Crippen LogP contribution in [-0.4, -0.2) is 53.4 Å². The molecular weight excluding hydrogens is 491 g/mol. The van der Waals surface area contributed by atoms with Crippen molar-refractivity contribution in [2.75, 3.05) is 18.9 Å². The lowest BCUT2D eigenvalue weighted by Gasteiger charge is -2.31. The third-order valence-corrected chi connectivity index (χ3v) is 8.24. The molecule has 10 heteroatoms. The van der Waals surface area contributed by atoms with E-state index in [9.17, 15) is 23.6 Å². The molecule has 2 atom stereocenters. The number of carbonyl (C=O) groups is 4. The van der Waals surface area contributed by atoms with Crippen LogP contribution in [-0.2, 0) is 39.3 Å². The summed E-state index contributed by atoms with van der Waals surface area (Å²) >= 11 is 0. The van der Waals surface area contributed by atoms with E-state index in [4.69, 9.17) is 4.74 Å². The van der Waals surface area contributed by atoms with Crippen LogP contribution in [0.3, 0.4) is 0 Å². The highest BCUT2D eigenvalue weighted by Crippen LogP contribution is 2.46. The molecule has 2 aromatic rings. The second-order valence-corrected chi connectivity index (χ2v) is 10.5. The van der Waals surface area contributed by atoms with Crippen molar-refractivity contribution >= 4 is 29.6 Å². The summed E-state index contributed by atoms with van der Waals surface area (Å²) in [5.41, 5.74) is 2.27. The number of anilines is 1. The predicted octanol–water partition coefficient (Wildman–Crippen LogP) is 3.45. The van der Waals surface area contributed by atoms with Gasteiger partial charge < -0.3 is 20.3 Å². The molecular formula is C28H29FN4O5. The Labute approximate surface area is 219 Å². The molecule has 2 heterocycles. The molecule has 9 nitrogen and oxygen atoms in total. The topological polar surface area (TPSA) is 108 Å². The first-order valence-corrected chi connectivity index (χ1v) is 13.0. The number of carbonyl (C=O) groups excluding carboxylic acids is 4. The van der Waals surface area contributed by atoms with Gasteiger partial charge in [0.1, 0.15) is 12.4 Å². The third-order valence-electron chi connectivity index (χ3n) is 8.24. The maximum Gasteiger partial charge on any atom is 0.418 e. The SMILES string of the molecule is CNC(=O)Nc1ccc2c(c1)CC[C@@]21OC(=O)N(CC(=O)N2Cc3ccc(F)cc3CC[C@H]2C2CC2)C1=O. The van der Waals surface area contributed by atoms with Crippen molar-refractivity contribution in [3.05, 3.63) is 64.5 Å². The largest absolute Gasteiger partial charge is 0.427 e. The van der Waals surface area contributed by atoms with Crippen molar-refractivity contribution < 1.29 is 28.3 Å². The van der Waals surface area contributed by atoms with Gasteiger partial charge in [0.25, 0.3) is 5.91 Å². The smallest absolute Gasteiger partial charge is 0.418 e. The number of nitrogens with zero attached hydrogens (tertiary/aromatic N) is 2. The number of benzene rings is 2. The van der Waals surface area contributed by atoms with Gasteiger partial charge in [0.15, 0.2) is 0 Å². The Morgan fingerprint density at radius 2 is 1.87 bits per heavy atom. The van der Waals surface area contributed by atoms with Gasteiger partial charge in [-0.25, -0.2) is 18.9 Å². The second kappa shape index (κ2) is 9.11. The Bertz CT molecular complexity index is 1360. The minimum Gasteiger partial charge on any atom is -0.427 e. The van der Waals surface area contributed by atoms with E-state index in [2.05, 4.69) is 10.6 Å². The maximum absolute atomic E-state index is 13.9. The number of amides is 5. The fourth-order valence-electron chi connectivity index (χ4n) is 6.14. The van der Waals surface area contributed by atoms with E-state index in [-0.39, 0.29) is 30.2 Å². The van der Waals surface area contributed by atoms with Crippen LogP contribution < -0.4 is 10.6 Å². The van der Waals surface area contributed by atoms with Crippen LogP contribution in [0.5, 0.6) is 0 Å². The van der Waals surface area contributed by atoms with Gasteiger partial charge in [-0.05, 0) is 79.0 Å². The normalized spacial score (nSPS) is 24.1. The summed E-state index contributed by atoms with van der Waals surface area (Å²) in [7, 11) is 1.52. The number of rotatable bonds is 4.